The maximum Gasteiger partial charge on any atom is 0.416 e. The van der Waals surface area contributed by atoms with E-state index in [0.29, 0.717) is 57.5 Å². The van der Waals surface area contributed by atoms with Gasteiger partial charge in [-0.1, -0.05) is 13.8 Å². The van der Waals surface area contributed by atoms with Crippen molar-refractivity contribution in [3.8, 4) is 0 Å². The first-order chi connectivity index (χ1) is 16.1. The molecule has 1 heterocycles. The highest BCUT2D eigenvalue weighted by molar-refractivity contribution is 5.83. The van der Waals surface area contributed by atoms with Crippen LogP contribution in [0.1, 0.15) is 62.6 Å². The molecule has 198 valence electrons. The lowest BCUT2D eigenvalue weighted by atomic mass is 9.74. The van der Waals surface area contributed by atoms with Crippen LogP contribution in [0.4, 0.5) is 26.3 Å². The topological polar surface area (TPSA) is 61.4 Å². The van der Waals surface area contributed by atoms with Crippen molar-refractivity contribution in [3.63, 3.8) is 0 Å². The van der Waals surface area contributed by atoms with Gasteiger partial charge in [0.1, 0.15) is 0 Å². The zero-order valence-corrected chi connectivity index (χ0v) is 20.1. The summed E-state index contributed by atoms with van der Waals surface area (Å²) in [5, 5.41) is 16.1. The van der Waals surface area contributed by atoms with Crippen LogP contribution in [-0.2, 0) is 28.4 Å². The van der Waals surface area contributed by atoms with Gasteiger partial charge in [-0.3, -0.25) is 4.79 Å². The van der Waals surface area contributed by atoms with Crippen LogP contribution < -0.4 is 5.32 Å². The molecular weight excluding hydrogens is 478 g/mol. The van der Waals surface area contributed by atoms with Crippen LogP contribution in [0.25, 0.3) is 0 Å². The Kier molecular flexibility index (Phi) is 7.84. The third-order valence-corrected chi connectivity index (χ3v) is 7.82. The number of alkyl halides is 6. The van der Waals surface area contributed by atoms with Gasteiger partial charge in [0.25, 0.3) is 0 Å². The van der Waals surface area contributed by atoms with Gasteiger partial charge in [0.05, 0.1) is 48.9 Å². The third-order valence-electron chi connectivity index (χ3n) is 7.82. The number of hydrogen-bond acceptors (Lipinski definition) is 3. The molecule has 0 spiro atoms. The number of rotatable bonds is 6. The molecule has 2 aliphatic rings. The van der Waals surface area contributed by atoms with Gasteiger partial charge in [0.2, 0.25) is 5.91 Å². The van der Waals surface area contributed by atoms with E-state index in [9.17, 15) is 36.3 Å². The zero-order chi connectivity index (χ0) is 26.2. The zero-order valence-electron chi connectivity index (χ0n) is 20.1. The number of benzene rings is 1. The van der Waals surface area contributed by atoms with Crippen LogP contribution in [0.15, 0.2) is 18.2 Å². The summed E-state index contributed by atoms with van der Waals surface area (Å²) < 4.78 is 83.8. The summed E-state index contributed by atoms with van der Waals surface area (Å²) in [5.74, 6) is -0.623. The van der Waals surface area contributed by atoms with Crippen molar-refractivity contribution in [2.45, 2.75) is 76.9 Å². The monoisotopic (exact) mass is 510 g/mol. The molecule has 0 aromatic heterocycles. The number of nitrogens with zero attached hydrogens (tertiary/aromatic N) is 1. The maximum absolute atomic E-state index is 13.6. The van der Waals surface area contributed by atoms with E-state index in [4.69, 9.17) is 4.74 Å². The molecule has 0 radical (unpaired) electrons. The fourth-order valence-electron chi connectivity index (χ4n) is 5.45. The Hall–Kier alpha value is -1.85. The number of nitrogens with one attached hydrogen (secondary N) is 1. The second-order valence-electron chi connectivity index (χ2n) is 10.2. The van der Waals surface area contributed by atoms with E-state index in [0.717, 1.165) is 0 Å². The smallest absolute Gasteiger partial charge is 0.416 e. The Morgan fingerprint density at radius 1 is 1.06 bits per heavy atom. The average Bonchev–Trinajstić information content (AvgIpc) is 3.25. The van der Waals surface area contributed by atoms with E-state index in [2.05, 4.69) is 5.32 Å². The normalized spacial score (nSPS) is 26.1. The summed E-state index contributed by atoms with van der Waals surface area (Å²) >= 11 is 0. The van der Waals surface area contributed by atoms with Crippen LogP contribution in [0.3, 0.4) is 0 Å². The number of carbonyl (C=O) groups excluding carboxylic acids is 1. The first-order valence-corrected chi connectivity index (χ1v) is 11.8. The number of ether oxygens (including phenoxy) is 1. The minimum Gasteiger partial charge on any atom is -0.633 e. The SMILES string of the molecule is CC(C)[C@]1(C(=O)NCc2cc(C(F)(F)F)cc(C(F)(F)F)c2)CCC([N@@+](C)([O-])C2CCOCC2)C1. The van der Waals surface area contributed by atoms with E-state index in [1.54, 1.807) is 7.05 Å². The number of carbonyl (C=O) groups is 1. The van der Waals surface area contributed by atoms with E-state index < -0.39 is 46.0 Å². The lowest BCUT2D eigenvalue weighted by molar-refractivity contribution is -0.912. The quantitative estimate of drug-likeness (QED) is 0.305. The highest BCUT2D eigenvalue weighted by Gasteiger charge is 2.52. The molecular formula is C24H32F6N2O3. The molecule has 3 atom stereocenters. The lowest BCUT2D eigenvalue weighted by Gasteiger charge is -2.51. The Morgan fingerprint density at radius 3 is 2.09 bits per heavy atom. The fourth-order valence-corrected chi connectivity index (χ4v) is 5.45. The van der Waals surface area contributed by atoms with Crippen molar-refractivity contribution < 1.29 is 40.5 Å². The number of halogens is 6. The van der Waals surface area contributed by atoms with Crippen molar-refractivity contribution >= 4 is 5.91 Å². The summed E-state index contributed by atoms with van der Waals surface area (Å²) in [6.07, 6.45) is -7.40. The highest BCUT2D eigenvalue weighted by Crippen LogP contribution is 2.48. The van der Waals surface area contributed by atoms with Gasteiger partial charge in [-0.2, -0.15) is 26.3 Å². The molecule has 1 N–H and O–H groups in total. The van der Waals surface area contributed by atoms with E-state index in [-0.39, 0.29) is 29.6 Å². The van der Waals surface area contributed by atoms with Crippen molar-refractivity contribution in [1.29, 1.82) is 0 Å². The summed E-state index contributed by atoms with van der Waals surface area (Å²) in [7, 11) is 1.62. The molecule has 35 heavy (non-hydrogen) atoms. The number of hydrogen-bond donors (Lipinski definition) is 1. The van der Waals surface area contributed by atoms with Gasteiger partial charge < -0.3 is 19.9 Å². The Morgan fingerprint density at radius 2 is 1.60 bits per heavy atom. The highest BCUT2D eigenvalue weighted by atomic mass is 19.4. The van der Waals surface area contributed by atoms with Crippen molar-refractivity contribution in [2.75, 3.05) is 20.3 Å². The summed E-state index contributed by atoms with van der Waals surface area (Å²) in [5.41, 5.74) is -4.06. The van der Waals surface area contributed by atoms with E-state index in [1.165, 1.54) is 0 Å². The molecule has 1 amide bonds. The molecule has 2 fully saturated rings. The standard InChI is InChI=1S/C24H32F6N2O3/c1-15(2)22(7-4-20(13-22)32(3,34)19-5-8-35-9-6-19)21(33)31-14-16-10-17(23(25,26)27)12-18(11-16)24(28,29)30/h10-12,15,19-20H,4-9,13-14H2,1-3H3,(H,31,33)/t20?,22-,32-/m0/s1. The Labute approximate surface area is 201 Å². The van der Waals surface area contributed by atoms with Gasteiger partial charge >= 0.3 is 12.4 Å². The van der Waals surface area contributed by atoms with Gasteiger partial charge in [0, 0.05) is 32.2 Å². The minimum atomic E-state index is -4.96. The number of hydroxylamine groups is 3. The molecule has 1 saturated heterocycles. The van der Waals surface area contributed by atoms with Crippen LogP contribution >= 0.6 is 0 Å². The van der Waals surface area contributed by atoms with Gasteiger partial charge in [-0.05, 0) is 36.1 Å². The molecule has 1 aliphatic heterocycles. The van der Waals surface area contributed by atoms with Gasteiger partial charge in [-0.25, -0.2) is 0 Å². The molecule has 1 aromatic carbocycles. The largest absolute Gasteiger partial charge is 0.633 e. The average molecular weight is 511 g/mol. The molecule has 1 aromatic rings. The molecule has 1 saturated carbocycles. The van der Waals surface area contributed by atoms with Crippen LogP contribution in [0.2, 0.25) is 0 Å². The van der Waals surface area contributed by atoms with Gasteiger partial charge in [0.15, 0.2) is 0 Å². The fraction of sp³-hybridized carbons (Fsp3) is 0.708. The maximum atomic E-state index is 13.6. The summed E-state index contributed by atoms with van der Waals surface area (Å²) in [4.78, 5) is 13.3. The molecule has 3 rings (SSSR count). The lowest BCUT2D eigenvalue weighted by Crippen LogP contribution is -2.56. The third kappa shape index (κ3) is 5.94. The van der Waals surface area contributed by atoms with E-state index in [1.807, 2.05) is 13.8 Å². The Balaban J connectivity index is 1.78. The summed E-state index contributed by atoms with van der Waals surface area (Å²) in [6, 6.07) is 0.839. The first kappa shape index (κ1) is 27.7. The second kappa shape index (κ2) is 9.89. The predicted molar refractivity (Wildman–Crippen MR) is 117 cm³/mol. The molecule has 1 unspecified atom stereocenters. The van der Waals surface area contributed by atoms with Crippen LogP contribution in [0, 0.1) is 16.5 Å². The van der Waals surface area contributed by atoms with Gasteiger partial charge in [-0.15, -0.1) is 0 Å². The summed E-state index contributed by atoms with van der Waals surface area (Å²) in [6.45, 7) is 4.24. The molecule has 11 heteroatoms. The van der Waals surface area contributed by atoms with Crippen molar-refractivity contribution in [1.82, 2.24) is 5.32 Å². The van der Waals surface area contributed by atoms with Crippen LogP contribution in [0.5, 0.6) is 0 Å². The molecule has 5 nitrogen and oxygen atoms in total. The van der Waals surface area contributed by atoms with Crippen molar-refractivity contribution in [3.05, 3.63) is 40.1 Å². The number of quaternary nitrogens is 1. The number of amides is 1. The predicted octanol–water partition coefficient (Wildman–Crippen LogP) is 5.66. The first-order valence-electron chi connectivity index (χ1n) is 11.8. The Bertz CT molecular complexity index is 877. The molecule has 1 aliphatic carbocycles. The second-order valence-corrected chi connectivity index (χ2v) is 10.2. The molecule has 0 bridgehead atoms. The van der Waals surface area contributed by atoms with E-state index >= 15 is 0 Å². The van der Waals surface area contributed by atoms with Crippen molar-refractivity contribution in [2.24, 2.45) is 11.3 Å². The van der Waals surface area contributed by atoms with Crippen LogP contribution in [-0.4, -0.2) is 42.9 Å². The minimum absolute atomic E-state index is 0.0613.